The van der Waals surface area contributed by atoms with Crippen LogP contribution in [0, 0.1) is 0 Å². The zero-order valence-electron chi connectivity index (χ0n) is 9.68. The fourth-order valence-electron chi connectivity index (χ4n) is 1.43. The highest BCUT2D eigenvalue weighted by Crippen LogP contribution is 2.19. The summed E-state index contributed by atoms with van der Waals surface area (Å²) >= 11 is 0. The number of nitrogens with zero attached hydrogens (tertiary/aromatic N) is 1. The van der Waals surface area contributed by atoms with Crippen molar-refractivity contribution < 1.29 is 26.9 Å². The van der Waals surface area contributed by atoms with E-state index in [4.69, 9.17) is 10.0 Å². The van der Waals surface area contributed by atoms with E-state index in [-0.39, 0.29) is 14.9 Å². The summed E-state index contributed by atoms with van der Waals surface area (Å²) < 4.78 is 46.2. The topological polar surface area (TPSA) is 112 Å². The van der Waals surface area contributed by atoms with Crippen LogP contribution < -0.4 is 9.17 Å². The van der Waals surface area contributed by atoms with Gasteiger partial charge in [-0.2, -0.15) is 3.71 Å². The molecule has 0 heterocycles. The molecular formula is C8H12BNO6S2. The molecule has 10 heteroatoms. The van der Waals surface area contributed by atoms with E-state index in [1.807, 2.05) is 0 Å². The predicted molar refractivity (Wildman–Crippen MR) is 68.4 cm³/mol. The first kappa shape index (κ1) is 15.0. The number of rotatable bonds is 4. The Morgan fingerprint density at radius 2 is 1.56 bits per heavy atom. The largest absolute Gasteiger partial charge is 0.488 e. The van der Waals surface area contributed by atoms with Gasteiger partial charge in [0.25, 0.3) is 0 Å². The molecule has 2 N–H and O–H groups in total. The molecule has 1 aromatic rings. The summed E-state index contributed by atoms with van der Waals surface area (Å²) in [4.78, 5) is 0. The van der Waals surface area contributed by atoms with Gasteiger partial charge in [-0.1, -0.05) is 12.1 Å². The van der Waals surface area contributed by atoms with E-state index in [0.717, 1.165) is 18.6 Å². The van der Waals surface area contributed by atoms with E-state index < -0.39 is 27.2 Å². The molecule has 0 atom stereocenters. The average molecular weight is 293 g/mol. The maximum Gasteiger partial charge on any atom is 0.488 e. The molecule has 18 heavy (non-hydrogen) atoms. The van der Waals surface area contributed by atoms with Crippen LogP contribution >= 0.6 is 0 Å². The molecule has 0 radical (unpaired) electrons. The van der Waals surface area contributed by atoms with Gasteiger partial charge >= 0.3 is 7.12 Å². The first-order valence-corrected chi connectivity index (χ1v) is 8.39. The van der Waals surface area contributed by atoms with E-state index in [2.05, 4.69) is 0 Å². The zero-order chi connectivity index (χ0) is 14.1. The molecule has 0 aromatic heterocycles. The van der Waals surface area contributed by atoms with Gasteiger partial charge in [0.05, 0.1) is 18.2 Å². The molecular weight excluding hydrogens is 281 g/mol. The number of hydrogen-bond donors (Lipinski definition) is 2. The fraction of sp³-hybridized carbons (Fsp3) is 0.250. The Hall–Kier alpha value is -1.10. The van der Waals surface area contributed by atoms with Gasteiger partial charge in [0, 0.05) is 0 Å². The number of hydrogen-bond acceptors (Lipinski definition) is 6. The summed E-state index contributed by atoms with van der Waals surface area (Å²) in [5, 5.41) is 17.9. The van der Waals surface area contributed by atoms with Crippen molar-refractivity contribution in [3.8, 4) is 0 Å². The third kappa shape index (κ3) is 3.45. The van der Waals surface area contributed by atoms with E-state index in [1.165, 1.54) is 18.2 Å². The maximum atomic E-state index is 11.5. The number of anilines is 1. The highest BCUT2D eigenvalue weighted by molar-refractivity contribution is 8.09. The van der Waals surface area contributed by atoms with Gasteiger partial charge in [-0.05, 0) is 17.6 Å². The minimum atomic E-state index is -4.04. The van der Waals surface area contributed by atoms with Crippen molar-refractivity contribution in [2.24, 2.45) is 0 Å². The van der Waals surface area contributed by atoms with Crippen LogP contribution in [0.25, 0.3) is 0 Å². The van der Waals surface area contributed by atoms with Crippen LogP contribution in [0.4, 0.5) is 5.69 Å². The second-order valence-corrected chi connectivity index (χ2v) is 7.59. The zero-order valence-corrected chi connectivity index (χ0v) is 11.3. The monoisotopic (exact) mass is 293 g/mol. The lowest BCUT2D eigenvalue weighted by molar-refractivity contribution is 0.425. The molecule has 0 unspecified atom stereocenters. The van der Waals surface area contributed by atoms with Crippen LogP contribution in [0.15, 0.2) is 24.3 Å². The van der Waals surface area contributed by atoms with Crippen molar-refractivity contribution in [1.82, 2.24) is 0 Å². The van der Waals surface area contributed by atoms with Crippen LogP contribution in [0.2, 0.25) is 0 Å². The maximum absolute atomic E-state index is 11.5. The van der Waals surface area contributed by atoms with Crippen LogP contribution in [0.1, 0.15) is 0 Å². The molecule has 0 bridgehead atoms. The molecule has 0 amide bonds. The van der Waals surface area contributed by atoms with E-state index in [9.17, 15) is 16.8 Å². The lowest BCUT2D eigenvalue weighted by atomic mass is 9.80. The smallest absolute Gasteiger partial charge is 0.423 e. The molecule has 0 spiro atoms. The summed E-state index contributed by atoms with van der Waals surface area (Å²) in [6.07, 6.45) is 1.49. The standard InChI is InChI=1S/C8H12BNO6S2/c1-17(13,14)10(18(2,15)16)8-5-3-4-7(6-8)9(11)12/h3-6,11-12H,1-2H3. The Morgan fingerprint density at radius 1 is 1.06 bits per heavy atom. The van der Waals surface area contributed by atoms with Crippen molar-refractivity contribution in [3.63, 3.8) is 0 Å². The number of sulfonamides is 2. The van der Waals surface area contributed by atoms with Gasteiger partial charge in [0.15, 0.2) is 0 Å². The summed E-state index contributed by atoms with van der Waals surface area (Å²) in [6.45, 7) is 0. The molecule has 1 aromatic carbocycles. The first-order chi connectivity index (χ1) is 8.03. The van der Waals surface area contributed by atoms with Gasteiger partial charge in [-0.15, -0.1) is 0 Å². The third-order valence-corrected chi connectivity index (χ3v) is 5.23. The summed E-state index contributed by atoms with van der Waals surface area (Å²) in [6, 6.07) is 4.98. The van der Waals surface area contributed by atoms with Gasteiger partial charge in [-0.25, -0.2) is 16.8 Å². The molecule has 100 valence electrons. The van der Waals surface area contributed by atoms with Gasteiger partial charge in [0.2, 0.25) is 20.0 Å². The van der Waals surface area contributed by atoms with E-state index in [1.54, 1.807) is 0 Å². The Morgan fingerprint density at radius 3 is 1.94 bits per heavy atom. The van der Waals surface area contributed by atoms with Crippen LogP contribution in [-0.4, -0.2) is 46.5 Å². The second-order valence-electron chi connectivity index (χ2n) is 3.69. The highest BCUT2D eigenvalue weighted by Gasteiger charge is 2.28. The minimum absolute atomic E-state index is 0.00944. The van der Waals surface area contributed by atoms with Crippen LogP contribution in [0.5, 0.6) is 0 Å². The Labute approximate surface area is 106 Å². The summed E-state index contributed by atoms with van der Waals surface area (Å²) in [5.74, 6) is 0. The Balaban J connectivity index is 3.46. The predicted octanol–water partition coefficient (Wildman–Crippen LogP) is -1.91. The Bertz CT molecular complexity index is 607. The van der Waals surface area contributed by atoms with Crippen LogP contribution in [0.3, 0.4) is 0 Å². The molecule has 0 aliphatic heterocycles. The van der Waals surface area contributed by atoms with Crippen molar-refractivity contribution in [2.45, 2.75) is 0 Å². The van der Waals surface area contributed by atoms with Crippen molar-refractivity contribution in [1.29, 1.82) is 0 Å². The van der Waals surface area contributed by atoms with Gasteiger partial charge in [0.1, 0.15) is 0 Å². The average Bonchev–Trinajstić information content (AvgIpc) is 2.13. The van der Waals surface area contributed by atoms with Crippen molar-refractivity contribution >= 4 is 38.3 Å². The molecule has 0 aliphatic carbocycles. The van der Waals surface area contributed by atoms with E-state index >= 15 is 0 Å². The normalized spacial score (nSPS) is 12.2. The molecule has 0 saturated carbocycles. The quantitative estimate of drug-likeness (QED) is 0.627. The van der Waals surface area contributed by atoms with E-state index in [0.29, 0.717) is 0 Å². The Kier molecular flexibility index (Phi) is 4.06. The summed E-state index contributed by atoms with van der Waals surface area (Å²) in [7, 11) is -9.89. The van der Waals surface area contributed by atoms with Crippen molar-refractivity contribution in [2.75, 3.05) is 16.2 Å². The molecule has 0 aliphatic rings. The lowest BCUT2D eigenvalue weighted by Gasteiger charge is -2.20. The fourth-order valence-corrected chi connectivity index (χ4v) is 4.39. The molecule has 7 nitrogen and oxygen atoms in total. The molecule has 0 fully saturated rings. The molecule has 0 saturated heterocycles. The third-order valence-electron chi connectivity index (χ3n) is 1.98. The van der Waals surface area contributed by atoms with Gasteiger partial charge < -0.3 is 10.0 Å². The first-order valence-electron chi connectivity index (χ1n) is 4.70. The lowest BCUT2D eigenvalue weighted by Crippen LogP contribution is -2.37. The highest BCUT2D eigenvalue weighted by atomic mass is 32.3. The van der Waals surface area contributed by atoms with Crippen LogP contribution in [-0.2, 0) is 20.0 Å². The summed E-state index contributed by atoms with van der Waals surface area (Å²) in [5.41, 5.74) is -0.185. The number of benzene rings is 1. The van der Waals surface area contributed by atoms with Gasteiger partial charge in [-0.3, -0.25) is 0 Å². The second kappa shape index (κ2) is 4.88. The molecule has 1 rings (SSSR count). The van der Waals surface area contributed by atoms with Crippen molar-refractivity contribution in [3.05, 3.63) is 24.3 Å². The minimum Gasteiger partial charge on any atom is -0.423 e. The SMILES string of the molecule is CS(=O)(=O)N(c1cccc(B(O)O)c1)S(C)(=O)=O.